The highest BCUT2D eigenvalue weighted by Crippen LogP contribution is 2.63. The Morgan fingerprint density at radius 3 is 2.44 bits per heavy atom. The molecule has 0 bridgehead atoms. The van der Waals surface area contributed by atoms with Crippen molar-refractivity contribution in [3.8, 4) is 16.3 Å². The molecule has 2 aliphatic heterocycles. The van der Waals surface area contributed by atoms with Crippen LogP contribution in [0.4, 0.5) is 5.82 Å². The van der Waals surface area contributed by atoms with E-state index < -0.39 is 35.0 Å². The first-order chi connectivity index (χ1) is 25.0. The average Bonchev–Trinajstić information content (AvgIpc) is 3.80. The van der Waals surface area contributed by atoms with Gasteiger partial charge in [-0.25, -0.2) is 4.90 Å². The van der Waals surface area contributed by atoms with Crippen LogP contribution in [0.5, 0.6) is 5.75 Å². The van der Waals surface area contributed by atoms with Gasteiger partial charge in [-0.05, 0) is 85.0 Å². The zero-order valence-corrected chi connectivity index (χ0v) is 30.3. The molecule has 0 spiro atoms. The van der Waals surface area contributed by atoms with Crippen LogP contribution in [0.3, 0.4) is 0 Å². The molecule has 3 aromatic carbocycles. The summed E-state index contributed by atoms with van der Waals surface area (Å²) >= 11 is 7.89. The molecule has 4 aliphatic rings. The van der Waals surface area contributed by atoms with Gasteiger partial charge in [-0.1, -0.05) is 65.7 Å². The first-order valence-corrected chi connectivity index (χ1v) is 18.7. The van der Waals surface area contributed by atoms with E-state index in [1.54, 1.807) is 53.4 Å². The van der Waals surface area contributed by atoms with E-state index in [0.29, 0.717) is 23.0 Å². The standard InChI is InChI=1S/C41H35ClN4O5S/c1-21-28-17-24(42)11-16-32(28)52-36(21)31-19-33(44(3)43-31)46-38(49)30-18-29-26(35(41(30,2)40(46)51)23-9-12-25(47)13-10-23)14-15-27-34(29)39(50)45(37(27)48)20-22-7-5-4-6-8-22/h4-14,16-17,19,27,29-30,34-35,47H,15,18,20H2,1-3H3. The maximum atomic E-state index is 15.0. The number of phenolic OH excluding ortho intramolecular Hbond substituents is 1. The molecule has 1 saturated carbocycles. The van der Waals surface area contributed by atoms with Crippen molar-refractivity contribution in [3.63, 3.8) is 0 Å². The monoisotopic (exact) mass is 730 g/mol. The number of aromatic nitrogens is 2. The van der Waals surface area contributed by atoms with E-state index in [4.69, 9.17) is 16.7 Å². The molecule has 3 fully saturated rings. The summed E-state index contributed by atoms with van der Waals surface area (Å²) < 4.78 is 2.64. The molecule has 262 valence electrons. The molecule has 2 aromatic heterocycles. The molecule has 4 amide bonds. The summed E-state index contributed by atoms with van der Waals surface area (Å²) in [4.78, 5) is 61.4. The number of imide groups is 2. The van der Waals surface area contributed by atoms with Crippen LogP contribution >= 0.6 is 22.9 Å². The van der Waals surface area contributed by atoms with E-state index in [2.05, 4.69) is 0 Å². The number of likely N-dealkylation sites (tertiary alicyclic amines) is 1. The number of carbonyl (C=O) groups excluding carboxylic acids is 4. The van der Waals surface area contributed by atoms with Gasteiger partial charge in [0, 0.05) is 28.8 Å². The number of hydrogen-bond acceptors (Lipinski definition) is 7. The summed E-state index contributed by atoms with van der Waals surface area (Å²) in [6.07, 6.45) is 2.68. The van der Waals surface area contributed by atoms with Crippen LogP contribution in [0.15, 0.2) is 90.5 Å². The number of carbonyl (C=O) groups is 4. The third-order valence-electron chi connectivity index (χ3n) is 12.0. The molecule has 6 atom stereocenters. The summed E-state index contributed by atoms with van der Waals surface area (Å²) in [7, 11) is 1.73. The molecule has 6 unspecified atom stereocenters. The fraction of sp³-hybridized carbons (Fsp3) is 0.293. The second-order valence-electron chi connectivity index (χ2n) is 14.7. The summed E-state index contributed by atoms with van der Waals surface area (Å²) in [6.45, 7) is 4.07. The second-order valence-corrected chi connectivity index (χ2v) is 16.2. The van der Waals surface area contributed by atoms with E-state index in [0.717, 1.165) is 37.2 Å². The van der Waals surface area contributed by atoms with Crippen molar-refractivity contribution in [2.75, 3.05) is 4.90 Å². The minimum atomic E-state index is -1.20. The number of rotatable bonds is 5. The van der Waals surface area contributed by atoms with Crippen LogP contribution in [0.1, 0.15) is 42.4 Å². The Morgan fingerprint density at radius 2 is 1.69 bits per heavy atom. The minimum Gasteiger partial charge on any atom is -0.508 e. The van der Waals surface area contributed by atoms with Crippen molar-refractivity contribution < 1.29 is 24.3 Å². The van der Waals surface area contributed by atoms with Crippen molar-refractivity contribution in [1.29, 1.82) is 0 Å². The number of amides is 4. The highest BCUT2D eigenvalue weighted by atomic mass is 35.5. The average molecular weight is 731 g/mol. The zero-order chi connectivity index (χ0) is 36.2. The lowest BCUT2D eigenvalue weighted by atomic mass is 9.51. The third-order valence-corrected chi connectivity index (χ3v) is 13.5. The number of anilines is 1. The summed E-state index contributed by atoms with van der Waals surface area (Å²) in [5.41, 5.74) is 3.00. The number of aryl methyl sites for hydroxylation is 2. The van der Waals surface area contributed by atoms with E-state index in [1.165, 1.54) is 9.80 Å². The number of thiophene rings is 1. The molecule has 1 N–H and O–H groups in total. The molecule has 52 heavy (non-hydrogen) atoms. The first kappa shape index (κ1) is 32.8. The molecular weight excluding hydrogens is 696 g/mol. The smallest absolute Gasteiger partial charge is 0.242 e. The van der Waals surface area contributed by atoms with Crippen molar-refractivity contribution in [1.82, 2.24) is 14.7 Å². The van der Waals surface area contributed by atoms with Crippen molar-refractivity contribution >= 4 is 62.5 Å². The van der Waals surface area contributed by atoms with Gasteiger partial charge >= 0.3 is 0 Å². The molecular formula is C41H35ClN4O5S. The second kappa shape index (κ2) is 11.7. The Labute approximate surface area is 309 Å². The largest absolute Gasteiger partial charge is 0.508 e. The topological polar surface area (TPSA) is 113 Å². The highest BCUT2D eigenvalue weighted by molar-refractivity contribution is 7.22. The lowest BCUT2D eigenvalue weighted by Gasteiger charge is -2.49. The Balaban J connectivity index is 1.13. The number of benzene rings is 3. The number of halogens is 1. The number of phenols is 1. The zero-order valence-electron chi connectivity index (χ0n) is 28.7. The summed E-state index contributed by atoms with van der Waals surface area (Å²) in [5, 5.41) is 16.7. The Hall–Kier alpha value is -5.06. The normalized spacial score (nSPS) is 26.9. The minimum absolute atomic E-state index is 0.0836. The summed E-state index contributed by atoms with van der Waals surface area (Å²) in [5.74, 6) is -3.56. The van der Waals surface area contributed by atoms with Crippen LogP contribution in [0.25, 0.3) is 20.7 Å². The maximum absolute atomic E-state index is 15.0. The van der Waals surface area contributed by atoms with Gasteiger partial charge in [0.25, 0.3) is 0 Å². The highest BCUT2D eigenvalue weighted by Gasteiger charge is 2.68. The van der Waals surface area contributed by atoms with E-state index in [1.807, 2.05) is 68.5 Å². The predicted molar refractivity (Wildman–Crippen MR) is 198 cm³/mol. The first-order valence-electron chi connectivity index (χ1n) is 17.5. The van der Waals surface area contributed by atoms with Crippen LogP contribution in [0.2, 0.25) is 5.02 Å². The fourth-order valence-electron chi connectivity index (χ4n) is 9.48. The van der Waals surface area contributed by atoms with E-state index in [9.17, 15) is 24.3 Å². The molecule has 2 saturated heterocycles. The van der Waals surface area contributed by atoms with E-state index >= 15 is 0 Å². The molecule has 5 aromatic rings. The summed E-state index contributed by atoms with van der Waals surface area (Å²) in [6, 6.07) is 23.8. The predicted octanol–water partition coefficient (Wildman–Crippen LogP) is 7.40. The van der Waals surface area contributed by atoms with Gasteiger partial charge in [0.05, 0.1) is 34.6 Å². The van der Waals surface area contributed by atoms with Gasteiger partial charge in [0.1, 0.15) is 17.3 Å². The van der Waals surface area contributed by atoms with Crippen LogP contribution < -0.4 is 4.90 Å². The van der Waals surface area contributed by atoms with Crippen LogP contribution in [-0.4, -0.2) is 43.4 Å². The number of nitrogens with zero attached hydrogens (tertiary/aromatic N) is 4. The molecule has 0 radical (unpaired) electrons. The van der Waals surface area contributed by atoms with E-state index in [-0.39, 0.29) is 42.3 Å². The number of hydrogen-bond donors (Lipinski definition) is 1. The maximum Gasteiger partial charge on any atom is 0.242 e. The lowest BCUT2D eigenvalue weighted by molar-refractivity contribution is -0.141. The van der Waals surface area contributed by atoms with Crippen molar-refractivity contribution in [2.24, 2.45) is 36.1 Å². The Bertz CT molecular complexity index is 2380. The third kappa shape index (κ3) is 4.63. The Kier molecular flexibility index (Phi) is 7.40. The molecule has 9 nitrogen and oxygen atoms in total. The molecule has 4 heterocycles. The van der Waals surface area contributed by atoms with Gasteiger partial charge < -0.3 is 5.11 Å². The quantitative estimate of drug-likeness (QED) is 0.149. The van der Waals surface area contributed by atoms with Gasteiger partial charge in [-0.2, -0.15) is 5.10 Å². The Morgan fingerprint density at radius 1 is 0.942 bits per heavy atom. The van der Waals surface area contributed by atoms with Crippen molar-refractivity contribution in [3.05, 3.63) is 112 Å². The molecule has 11 heteroatoms. The van der Waals surface area contributed by atoms with Crippen LogP contribution in [-0.2, 0) is 32.8 Å². The number of fused-ring (bicyclic) bond motifs is 5. The van der Waals surface area contributed by atoms with Crippen LogP contribution in [0, 0.1) is 36.0 Å². The van der Waals surface area contributed by atoms with Gasteiger partial charge in [-0.15, -0.1) is 11.3 Å². The van der Waals surface area contributed by atoms with Gasteiger partial charge in [0.2, 0.25) is 23.6 Å². The molecule has 2 aliphatic carbocycles. The van der Waals surface area contributed by atoms with Crippen molar-refractivity contribution in [2.45, 2.75) is 39.2 Å². The lowest BCUT2D eigenvalue weighted by Crippen LogP contribution is -2.48. The SMILES string of the molecule is Cc1c(-c2cc(N3C(=O)C4CC5C(=CCC6C(=O)N(Cc7ccccc7)C(=O)C65)C(c5ccc(O)cc5)C4(C)C3=O)n(C)n2)sc2ccc(Cl)cc12. The molecule has 9 rings (SSSR count). The fourth-order valence-corrected chi connectivity index (χ4v) is 10.8. The van der Waals surface area contributed by atoms with Gasteiger partial charge in [-0.3, -0.25) is 28.8 Å². The van der Waals surface area contributed by atoms with Gasteiger partial charge in [0.15, 0.2) is 0 Å². The number of allylic oxidation sites excluding steroid dienone is 2. The number of aromatic hydroxyl groups is 1.